The molecule has 46 heavy (non-hydrogen) atoms. The fourth-order valence-electron chi connectivity index (χ4n) is 5.72. The first-order valence-corrected chi connectivity index (χ1v) is 14.9. The first-order chi connectivity index (χ1) is 22.0. The zero-order valence-corrected chi connectivity index (χ0v) is 25.5. The van der Waals surface area contributed by atoms with Crippen molar-refractivity contribution in [1.29, 1.82) is 0 Å². The van der Waals surface area contributed by atoms with Crippen LogP contribution in [-0.2, 0) is 11.8 Å². The van der Waals surface area contributed by atoms with Crippen LogP contribution in [0.5, 0.6) is 5.75 Å². The highest BCUT2D eigenvalue weighted by Gasteiger charge is 2.31. The van der Waals surface area contributed by atoms with Gasteiger partial charge in [-0.25, -0.2) is 4.98 Å². The molecular formula is C33H28ClF3N6O3. The number of benzene rings is 2. The molecule has 1 N–H and O–H groups in total. The van der Waals surface area contributed by atoms with Crippen LogP contribution in [0.2, 0.25) is 5.02 Å². The minimum Gasteiger partial charge on any atom is -0.406 e. The standard InChI is InChI=1S/C33H28ClF3N6O3/c1-19-5-3-8-29(27-14-21(11-12-38-27)31-28(41-32(19)45)17-40-42(31)2)43-18-39-26(16-30(43)44)25-15-22(34)9-10-24(25)20-6-4-7-23(13-20)46-33(35,36)37/h4,6-7,9-19,29H,3,5,8H2,1-2H3,(H,41,45). The molecule has 1 aliphatic heterocycles. The van der Waals surface area contributed by atoms with Crippen LogP contribution in [-0.4, -0.2) is 36.6 Å². The number of carbonyl (C=O) groups excluding carboxylic acids is 1. The summed E-state index contributed by atoms with van der Waals surface area (Å²) in [6.45, 7) is 1.86. The van der Waals surface area contributed by atoms with Crippen LogP contribution in [0, 0.1) is 5.92 Å². The Kier molecular flexibility index (Phi) is 8.39. The van der Waals surface area contributed by atoms with Gasteiger partial charge in [-0.1, -0.05) is 43.1 Å². The Bertz CT molecular complexity index is 1990. The van der Waals surface area contributed by atoms with Crippen molar-refractivity contribution in [2.75, 3.05) is 5.32 Å². The third kappa shape index (κ3) is 6.52. The van der Waals surface area contributed by atoms with E-state index in [4.69, 9.17) is 11.6 Å². The predicted molar refractivity (Wildman–Crippen MR) is 167 cm³/mol. The van der Waals surface area contributed by atoms with Crippen molar-refractivity contribution in [3.8, 4) is 39.4 Å². The van der Waals surface area contributed by atoms with Gasteiger partial charge in [0, 0.05) is 41.4 Å². The number of aromatic nitrogens is 5. The minimum atomic E-state index is -4.85. The maximum absolute atomic E-state index is 13.8. The van der Waals surface area contributed by atoms with E-state index in [0.29, 0.717) is 63.7 Å². The Balaban J connectivity index is 1.41. The SMILES string of the molecule is CC1CCCC(n2cnc(-c3cc(Cl)ccc3-c3cccc(OC(F)(F)F)c3)cc2=O)c2cc(ccn2)-c2c(cnn2C)NC1=O. The van der Waals surface area contributed by atoms with Crippen LogP contribution in [0.15, 0.2) is 84.2 Å². The van der Waals surface area contributed by atoms with Crippen molar-refractivity contribution < 1.29 is 22.7 Å². The minimum absolute atomic E-state index is 0.114. The predicted octanol–water partition coefficient (Wildman–Crippen LogP) is 7.27. The zero-order valence-electron chi connectivity index (χ0n) is 24.8. The number of anilines is 1. The molecule has 0 spiro atoms. The van der Waals surface area contributed by atoms with Crippen LogP contribution in [0.25, 0.3) is 33.6 Å². The quantitative estimate of drug-likeness (QED) is 0.220. The molecule has 0 aliphatic carbocycles. The van der Waals surface area contributed by atoms with Gasteiger partial charge >= 0.3 is 6.36 Å². The number of rotatable bonds is 4. The topological polar surface area (TPSA) is 104 Å². The Hall–Kier alpha value is -4.97. The fraction of sp³-hybridized carbons (Fsp3) is 0.242. The molecule has 4 heterocycles. The van der Waals surface area contributed by atoms with Crippen LogP contribution in [0.3, 0.4) is 0 Å². The van der Waals surface area contributed by atoms with Gasteiger partial charge in [-0.05, 0) is 60.4 Å². The van der Waals surface area contributed by atoms with Gasteiger partial charge in [-0.3, -0.25) is 23.8 Å². The first kappa shape index (κ1) is 31.0. The zero-order chi connectivity index (χ0) is 32.6. The number of aryl methyl sites for hydroxylation is 1. The van der Waals surface area contributed by atoms with E-state index in [1.165, 1.54) is 35.2 Å². The number of ether oxygens (including phenoxy) is 1. The highest BCUT2D eigenvalue weighted by Crippen LogP contribution is 2.36. The molecule has 0 saturated carbocycles. The van der Waals surface area contributed by atoms with Gasteiger partial charge in [0.05, 0.1) is 41.3 Å². The lowest BCUT2D eigenvalue weighted by molar-refractivity contribution is -0.274. The fourth-order valence-corrected chi connectivity index (χ4v) is 5.89. The van der Waals surface area contributed by atoms with Crippen LogP contribution >= 0.6 is 11.6 Å². The number of nitrogens with one attached hydrogen (secondary N) is 1. The lowest BCUT2D eigenvalue weighted by Crippen LogP contribution is -2.27. The number of amides is 1. The molecule has 2 aromatic carbocycles. The van der Waals surface area contributed by atoms with E-state index in [9.17, 15) is 22.8 Å². The number of carbonyl (C=O) groups is 1. The highest BCUT2D eigenvalue weighted by molar-refractivity contribution is 6.31. The maximum atomic E-state index is 13.8. The van der Waals surface area contributed by atoms with Crippen LogP contribution < -0.4 is 15.6 Å². The molecule has 2 atom stereocenters. The molecule has 236 valence electrons. The molecule has 13 heteroatoms. The Morgan fingerprint density at radius 3 is 2.59 bits per heavy atom. The van der Waals surface area contributed by atoms with Crippen molar-refractivity contribution in [3.63, 3.8) is 0 Å². The van der Waals surface area contributed by atoms with E-state index in [-0.39, 0.29) is 23.1 Å². The molecule has 0 radical (unpaired) electrons. The third-order valence-electron chi connectivity index (χ3n) is 7.96. The lowest BCUT2D eigenvalue weighted by atomic mass is 9.96. The molecular weight excluding hydrogens is 621 g/mol. The van der Waals surface area contributed by atoms with E-state index in [1.807, 2.05) is 19.1 Å². The molecule has 1 aliphatic rings. The van der Waals surface area contributed by atoms with Crippen molar-refractivity contribution in [3.05, 3.63) is 100 Å². The van der Waals surface area contributed by atoms with Gasteiger partial charge < -0.3 is 10.1 Å². The van der Waals surface area contributed by atoms with Crippen molar-refractivity contribution >= 4 is 23.2 Å². The number of hydrogen-bond donors (Lipinski definition) is 1. The summed E-state index contributed by atoms with van der Waals surface area (Å²) in [7, 11) is 1.79. The second-order valence-electron chi connectivity index (χ2n) is 11.1. The number of hydrogen-bond acceptors (Lipinski definition) is 6. The highest BCUT2D eigenvalue weighted by atomic mass is 35.5. The second kappa shape index (κ2) is 12.4. The number of halogens is 4. The van der Waals surface area contributed by atoms with Gasteiger partial charge in [0.2, 0.25) is 5.91 Å². The third-order valence-corrected chi connectivity index (χ3v) is 8.20. The van der Waals surface area contributed by atoms with Gasteiger partial charge in [-0.15, -0.1) is 13.2 Å². The number of alkyl halides is 3. The summed E-state index contributed by atoms with van der Waals surface area (Å²) < 4.78 is 46.0. The average molecular weight is 649 g/mol. The lowest BCUT2D eigenvalue weighted by Gasteiger charge is -2.22. The monoisotopic (exact) mass is 648 g/mol. The number of pyridine rings is 1. The van der Waals surface area contributed by atoms with E-state index in [1.54, 1.807) is 48.4 Å². The van der Waals surface area contributed by atoms with Gasteiger partial charge in [0.15, 0.2) is 0 Å². The van der Waals surface area contributed by atoms with Gasteiger partial charge in [0.25, 0.3) is 5.56 Å². The molecule has 9 nitrogen and oxygen atoms in total. The van der Waals surface area contributed by atoms with E-state index >= 15 is 0 Å². The van der Waals surface area contributed by atoms with Crippen molar-refractivity contribution in [2.24, 2.45) is 13.0 Å². The van der Waals surface area contributed by atoms with Crippen molar-refractivity contribution in [1.82, 2.24) is 24.3 Å². The molecule has 0 fully saturated rings. The average Bonchev–Trinajstić information content (AvgIpc) is 3.37. The van der Waals surface area contributed by atoms with E-state index in [0.717, 1.165) is 5.56 Å². The molecule has 5 aromatic rings. The Labute approximate surface area is 266 Å². The maximum Gasteiger partial charge on any atom is 0.573 e. The smallest absolute Gasteiger partial charge is 0.406 e. The summed E-state index contributed by atoms with van der Waals surface area (Å²) in [6.07, 6.45) is 1.60. The normalized spacial score (nSPS) is 17.0. The van der Waals surface area contributed by atoms with Gasteiger partial charge in [-0.2, -0.15) is 5.10 Å². The summed E-state index contributed by atoms with van der Waals surface area (Å²) >= 11 is 6.32. The molecule has 6 rings (SSSR count). The summed E-state index contributed by atoms with van der Waals surface area (Å²) in [4.78, 5) is 36.0. The largest absolute Gasteiger partial charge is 0.573 e. The second-order valence-corrected chi connectivity index (χ2v) is 11.6. The summed E-state index contributed by atoms with van der Waals surface area (Å²) in [5.41, 5.74) is 4.05. The summed E-state index contributed by atoms with van der Waals surface area (Å²) in [6, 6.07) is 15.0. The summed E-state index contributed by atoms with van der Waals surface area (Å²) in [5.74, 6) is -0.772. The number of fused-ring (bicyclic) bond motifs is 4. The Morgan fingerprint density at radius 1 is 0.978 bits per heavy atom. The number of nitrogens with zero attached hydrogens (tertiary/aromatic N) is 5. The van der Waals surface area contributed by atoms with E-state index in [2.05, 4.69) is 25.1 Å². The van der Waals surface area contributed by atoms with Crippen LogP contribution in [0.1, 0.15) is 37.9 Å². The van der Waals surface area contributed by atoms with Crippen molar-refractivity contribution in [2.45, 2.75) is 38.6 Å². The molecule has 0 saturated heterocycles. The molecule has 3 aromatic heterocycles. The molecule has 1 amide bonds. The van der Waals surface area contributed by atoms with Crippen LogP contribution in [0.4, 0.5) is 18.9 Å². The van der Waals surface area contributed by atoms with E-state index < -0.39 is 12.4 Å². The molecule has 2 bridgehead atoms. The first-order valence-electron chi connectivity index (χ1n) is 14.5. The Morgan fingerprint density at radius 2 is 1.80 bits per heavy atom. The van der Waals surface area contributed by atoms with Gasteiger partial charge in [0.1, 0.15) is 5.75 Å². The molecule has 2 unspecified atom stereocenters. The summed E-state index contributed by atoms with van der Waals surface area (Å²) in [5, 5.41) is 7.69.